The van der Waals surface area contributed by atoms with Crippen molar-refractivity contribution in [3.05, 3.63) is 62.2 Å². The van der Waals surface area contributed by atoms with Crippen molar-refractivity contribution in [2.24, 2.45) is 0 Å². The normalized spacial score (nSPS) is 13.9. The molecule has 0 radical (unpaired) electrons. The Kier molecular flexibility index (Phi) is 4.73. The standard InChI is InChI=1S/C20H19ClIN3/c1-13-16(21)9-6-11-18(13)25-20-15(8-4-5-12-23-20)19(24-25)14-7-2-3-10-17(14)22/h2-3,6-7,9-11,23H,4-5,8,12H2,1H3. The number of hydrogen-bond donors (Lipinski definition) is 1. The molecule has 0 atom stereocenters. The minimum absolute atomic E-state index is 0.770. The molecule has 0 amide bonds. The van der Waals surface area contributed by atoms with E-state index in [1.165, 1.54) is 27.5 Å². The molecule has 3 nitrogen and oxygen atoms in total. The molecule has 0 bridgehead atoms. The fourth-order valence-electron chi connectivity index (χ4n) is 3.37. The lowest BCUT2D eigenvalue weighted by molar-refractivity contribution is 0.779. The second-order valence-corrected chi connectivity index (χ2v) is 7.90. The molecular weight excluding hydrogens is 445 g/mol. The Bertz CT molecular complexity index is 933. The van der Waals surface area contributed by atoms with Crippen LogP contribution < -0.4 is 5.32 Å². The first kappa shape index (κ1) is 16.9. The monoisotopic (exact) mass is 463 g/mol. The molecule has 2 aromatic carbocycles. The highest BCUT2D eigenvalue weighted by Gasteiger charge is 2.23. The van der Waals surface area contributed by atoms with E-state index < -0.39 is 0 Å². The maximum Gasteiger partial charge on any atom is 0.133 e. The van der Waals surface area contributed by atoms with Crippen LogP contribution in [-0.4, -0.2) is 16.3 Å². The lowest BCUT2D eigenvalue weighted by Gasteiger charge is -2.12. The molecule has 0 saturated carbocycles. The minimum atomic E-state index is 0.770. The highest BCUT2D eigenvalue weighted by molar-refractivity contribution is 14.1. The number of fused-ring (bicyclic) bond motifs is 1. The zero-order valence-electron chi connectivity index (χ0n) is 14.0. The summed E-state index contributed by atoms with van der Waals surface area (Å²) in [5, 5.41) is 9.40. The van der Waals surface area contributed by atoms with Crippen LogP contribution in [0.5, 0.6) is 0 Å². The summed E-state index contributed by atoms with van der Waals surface area (Å²) in [5.74, 6) is 1.11. The zero-order valence-corrected chi connectivity index (χ0v) is 16.9. The summed E-state index contributed by atoms with van der Waals surface area (Å²) < 4.78 is 3.26. The molecule has 1 aliphatic heterocycles. The van der Waals surface area contributed by atoms with E-state index in [1.807, 2.05) is 23.7 Å². The number of benzene rings is 2. The second kappa shape index (κ2) is 7.00. The summed E-state index contributed by atoms with van der Waals surface area (Å²) in [6, 6.07) is 14.4. The molecular formula is C20H19ClIN3. The third-order valence-corrected chi connectivity index (χ3v) is 6.08. The third kappa shape index (κ3) is 3.06. The van der Waals surface area contributed by atoms with Crippen LogP contribution in [-0.2, 0) is 6.42 Å². The zero-order chi connectivity index (χ0) is 17.4. The third-order valence-electron chi connectivity index (χ3n) is 4.73. The van der Waals surface area contributed by atoms with Crippen molar-refractivity contribution in [2.45, 2.75) is 26.2 Å². The Morgan fingerprint density at radius 2 is 1.96 bits per heavy atom. The maximum atomic E-state index is 6.37. The van der Waals surface area contributed by atoms with Gasteiger partial charge < -0.3 is 5.32 Å². The van der Waals surface area contributed by atoms with Crippen molar-refractivity contribution >= 4 is 40.0 Å². The fraction of sp³-hybridized carbons (Fsp3) is 0.250. The molecule has 0 fully saturated rings. The van der Waals surface area contributed by atoms with Gasteiger partial charge in [0.25, 0.3) is 0 Å². The topological polar surface area (TPSA) is 29.9 Å². The van der Waals surface area contributed by atoms with Crippen molar-refractivity contribution in [3.63, 3.8) is 0 Å². The van der Waals surface area contributed by atoms with Crippen molar-refractivity contribution < 1.29 is 0 Å². The van der Waals surface area contributed by atoms with Gasteiger partial charge in [0.05, 0.1) is 11.4 Å². The number of halogens is 2. The van der Waals surface area contributed by atoms with Crippen LogP contribution in [0.15, 0.2) is 42.5 Å². The van der Waals surface area contributed by atoms with E-state index in [1.54, 1.807) is 0 Å². The van der Waals surface area contributed by atoms with E-state index in [9.17, 15) is 0 Å². The Balaban J connectivity index is 1.97. The predicted octanol–water partition coefficient (Wildman–Crippen LogP) is 5.85. The largest absolute Gasteiger partial charge is 0.370 e. The van der Waals surface area contributed by atoms with Gasteiger partial charge in [0.15, 0.2) is 0 Å². The number of rotatable bonds is 2. The summed E-state index contributed by atoms with van der Waals surface area (Å²) in [4.78, 5) is 0. The van der Waals surface area contributed by atoms with E-state index >= 15 is 0 Å². The summed E-state index contributed by atoms with van der Waals surface area (Å²) in [6.07, 6.45) is 3.40. The van der Waals surface area contributed by atoms with Crippen molar-refractivity contribution in [1.82, 2.24) is 9.78 Å². The Labute approximate surface area is 166 Å². The SMILES string of the molecule is Cc1c(Cl)cccc1-n1nc(-c2ccccc2I)c2c1NCCCC2. The Morgan fingerprint density at radius 1 is 1.12 bits per heavy atom. The molecule has 1 N–H and O–H groups in total. The van der Waals surface area contributed by atoms with Gasteiger partial charge in [0.2, 0.25) is 0 Å². The first-order valence-electron chi connectivity index (χ1n) is 8.53. The minimum Gasteiger partial charge on any atom is -0.370 e. The maximum absolute atomic E-state index is 6.37. The highest BCUT2D eigenvalue weighted by Crippen LogP contribution is 2.36. The Hall–Kier alpha value is -1.53. The van der Waals surface area contributed by atoms with Gasteiger partial charge in [0, 0.05) is 26.3 Å². The highest BCUT2D eigenvalue weighted by atomic mass is 127. The van der Waals surface area contributed by atoms with Crippen LogP contribution in [0, 0.1) is 10.5 Å². The van der Waals surface area contributed by atoms with Gasteiger partial charge in [-0.05, 0) is 72.5 Å². The first-order chi connectivity index (χ1) is 12.2. The molecule has 0 saturated heterocycles. The second-order valence-electron chi connectivity index (χ2n) is 6.34. The quantitative estimate of drug-likeness (QED) is 0.483. The predicted molar refractivity (Wildman–Crippen MR) is 113 cm³/mol. The van der Waals surface area contributed by atoms with Gasteiger partial charge in [0.1, 0.15) is 5.82 Å². The average molecular weight is 464 g/mol. The van der Waals surface area contributed by atoms with Crippen molar-refractivity contribution in [1.29, 1.82) is 0 Å². The van der Waals surface area contributed by atoms with Crippen molar-refractivity contribution in [2.75, 3.05) is 11.9 Å². The first-order valence-corrected chi connectivity index (χ1v) is 9.98. The molecule has 5 heteroatoms. The molecule has 25 heavy (non-hydrogen) atoms. The van der Waals surface area contributed by atoms with Crippen LogP contribution in [0.25, 0.3) is 16.9 Å². The van der Waals surface area contributed by atoms with Gasteiger partial charge >= 0.3 is 0 Å². The number of anilines is 1. The van der Waals surface area contributed by atoms with Crippen LogP contribution in [0.1, 0.15) is 24.0 Å². The van der Waals surface area contributed by atoms with E-state index in [4.69, 9.17) is 16.7 Å². The molecule has 0 spiro atoms. The molecule has 0 unspecified atom stereocenters. The number of hydrogen-bond acceptors (Lipinski definition) is 2. The molecule has 1 aliphatic rings. The van der Waals surface area contributed by atoms with Gasteiger partial charge in [-0.1, -0.05) is 35.9 Å². The lowest BCUT2D eigenvalue weighted by Crippen LogP contribution is -2.08. The summed E-state index contributed by atoms with van der Waals surface area (Å²) in [5.41, 5.74) is 5.67. The molecule has 128 valence electrons. The van der Waals surface area contributed by atoms with E-state index in [0.717, 1.165) is 40.8 Å². The average Bonchev–Trinajstić information content (AvgIpc) is 2.79. The van der Waals surface area contributed by atoms with E-state index in [-0.39, 0.29) is 0 Å². The van der Waals surface area contributed by atoms with Gasteiger partial charge in [-0.3, -0.25) is 0 Å². The van der Waals surface area contributed by atoms with E-state index in [0.29, 0.717) is 0 Å². The van der Waals surface area contributed by atoms with Gasteiger partial charge in [-0.15, -0.1) is 0 Å². The van der Waals surface area contributed by atoms with Crippen LogP contribution in [0.4, 0.5) is 5.82 Å². The van der Waals surface area contributed by atoms with Crippen LogP contribution in [0.2, 0.25) is 5.02 Å². The molecule has 4 rings (SSSR count). The summed E-state index contributed by atoms with van der Waals surface area (Å²) in [6.45, 7) is 3.03. The van der Waals surface area contributed by atoms with Gasteiger partial charge in [-0.25, -0.2) is 4.68 Å². The molecule has 3 aromatic rings. The van der Waals surface area contributed by atoms with E-state index in [2.05, 4.69) is 58.2 Å². The number of nitrogens with zero attached hydrogens (tertiary/aromatic N) is 2. The number of nitrogens with one attached hydrogen (secondary N) is 1. The Morgan fingerprint density at radius 3 is 2.80 bits per heavy atom. The number of aromatic nitrogens is 2. The molecule has 0 aliphatic carbocycles. The van der Waals surface area contributed by atoms with Crippen molar-refractivity contribution in [3.8, 4) is 16.9 Å². The lowest BCUT2D eigenvalue weighted by atomic mass is 10.0. The summed E-state index contributed by atoms with van der Waals surface area (Å²) >= 11 is 8.76. The smallest absolute Gasteiger partial charge is 0.133 e. The molecule has 1 aromatic heterocycles. The fourth-order valence-corrected chi connectivity index (χ4v) is 4.18. The summed E-state index contributed by atoms with van der Waals surface area (Å²) in [7, 11) is 0. The van der Waals surface area contributed by atoms with Gasteiger partial charge in [-0.2, -0.15) is 5.10 Å². The van der Waals surface area contributed by atoms with Crippen LogP contribution >= 0.6 is 34.2 Å². The van der Waals surface area contributed by atoms with Crippen LogP contribution in [0.3, 0.4) is 0 Å². The molecule has 2 heterocycles.